The van der Waals surface area contributed by atoms with Crippen LogP contribution >= 0.6 is 0 Å². The fourth-order valence-corrected chi connectivity index (χ4v) is 4.73. The molecule has 0 radical (unpaired) electrons. The Balaban J connectivity index is 1.56. The zero-order valence-corrected chi connectivity index (χ0v) is 18.1. The number of carbonyl (C=O) groups is 3. The number of ketones is 1. The molecule has 1 aliphatic carbocycles. The van der Waals surface area contributed by atoms with Gasteiger partial charge >= 0.3 is 0 Å². The second-order valence-corrected chi connectivity index (χ2v) is 9.01. The third-order valence-electron chi connectivity index (χ3n) is 6.94. The summed E-state index contributed by atoms with van der Waals surface area (Å²) in [4.78, 5) is 38.9. The van der Waals surface area contributed by atoms with E-state index in [4.69, 9.17) is 4.74 Å². The zero-order chi connectivity index (χ0) is 22.0. The molecule has 0 bridgehead atoms. The van der Waals surface area contributed by atoms with Gasteiger partial charge in [0.2, 0.25) is 5.91 Å². The number of Topliss-reactive ketones (excluding diaryl/α,β-unsaturated/α-hetero) is 1. The van der Waals surface area contributed by atoms with Gasteiger partial charge in [0.1, 0.15) is 18.2 Å². The fourth-order valence-electron chi connectivity index (χ4n) is 4.73. The summed E-state index contributed by atoms with van der Waals surface area (Å²) in [5.41, 5.74) is -0.531. The first-order valence-electron chi connectivity index (χ1n) is 11.1. The van der Waals surface area contributed by atoms with Gasteiger partial charge in [-0.15, -0.1) is 0 Å². The lowest BCUT2D eigenvalue weighted by molar-refractivity contribution is -0.131. The van der Waals surface area contributed by atoms with Gasteiger partial charge < -0.3 is 15.4 Å². The van der Waals surface area contributed by atoms with Crippen molar-refractivity contribution in [2.24, 2.45) is 5.92 Å². The van der Waals surface area contributed by atoms with Crippen LogP contribution in [0.25, 0.3) is 10.8 Å². The SMILES string of the molecule is CC1OCC(=O)C1(C)NC(=O)C(CC1CCCC1)NC(=O)c1cccc2ccccc12. The third-order valence-corrected chi connectivity index (χ3v) is 6.94. The number of ether oxygens (including phenoxy) is 1. The Kier molecular flexibility index (Phi) is 6.10. The highest BCUT2D eigenvalue weighted by Gasteiger charge is 2.47. The normalized spacial score (nSPS) is 25.0. The minimum Gasteiger partial charge on any atom is -0.368 e. The van der Waals surface area contributed by atoms with Gasteiger partial charge in [-0.3, -0.25) is 14.4 Å². The highest BCUT2D eigenvalue weighted by molar-refractivity contribution is 6.08. The average molecular weight is 423 g/mol. The van der Waals surface area contributed by atoms with Gasteiger partial charge in [0.15, 0.2) is 5.78 Å². The largest absolute Gasteiger partial charge is 0.368 e. The first-order valence-corrected chi connectivity index (χ1v) is 11.1. The summed E-state index contributed by atoms with van der Waals surface area (Å²) >= 11 is 0. The van der Waals surface area contributed by atoms with Crippen molar-refractivity contribution in [1.82, 2.24) is 10.6 Å². The van der Waals surface area contributed by atoms with Crippen LogP contribution in [0.4, 0.5) is 0 Å². The number of fused-ring (bicyclic) bond motifs is 1. The Morgan fingerprint density at radius 3 is 2.55 bits per heavy atom. The van der Waals surface area contributed by atoms with Crippen LogP contribution in [0.15, 0.2) is 42.5 Å². The topological polar surface area (TPSA) is 84.5 Å². The summed E-state index contributed by atoms with van der Waals surface area (Å²) in [7, 11) is 0. The quantitative estimate of drug-likeness (QED) is 0.747. The molecule has 2 N–H and O–H groups in total. The molecule has 3 unspecified atom stereocenters. The number of hydrogen-bond acceptors (Lipinski definition) is 4. The predicted octanol–water partition coefficient (Wildman–Crippen LogP) is 3.38. The lowest BCUT2D eigenvalue weighted by atomic mass is 9.91. The molecule has 1 heterocycles. The second-order valence-electron chi connectivity index (χ2n) is 9.01. The van der Waals surface area contributed by atoms with Crippen LogP contribution in [0.1, 0.15) is 56.3 Å². The van der Waals surface area contributed by atoms with E-state index in [1.54, 1.807) is 19.9 Å². The number of hydrogen-bond donors (Lipinski definition) is 2. The van der Waals surface area contributed by atoms with E-state index in [-0.39, 0.29) is 24.2 Å². The van der Waals surface area contributed by atoms with Crippen molar-refractivity contribution < 1.29 is 19.1 Å². The van der Waals surface area contributed by atoms with E-state index in [9.17, 15) is 14.4 Å². The maximum Gasteiger partial charge on any atom is 0.252 e. The van der Waals surface area contributed by atoms with Crippen LogP contribution in [0.5, 0.6) is 0 Å². The van der Waals surface area contributed by atoms with E-state index in [2.05, 4.69) is 10.6 Å². The molecule has 6 heteroatoms. The minimum atomic E-state index is -1.07. The highest BCUT2D eigenvalue weighted by Crippen LogP contribution is 2.30. The standard InChI is InChI=1S/C25H30N2O4/c1-16-25(2,22(28)15-31-16)27-24(30)21(14-17-8-3-4-9-17)26-23(29)20-13-7-11-18-10-5-6-12-19(18)20/h5-7,10-13,16-17,21H,3-4,8-9,14-15H2,1-2H3,(H,26,29)(H,27,30). The van der Waals surface area contributed by atoms with Crippen molar-refractivity contribution in [1.29, 1.82) is 0 Å². The predicted molar refractivity (Wildman–Crippen MR) is 119 cm³/mol. The molecular formula is C25H30N2O4. The molecule has 1 saturated heterocycles. The molecule has 1 aliphatic heterocycles. The van der Waals surface area contributed by atoms with E-state index < -0.39 is 17.7 Å². The molecular weight excluding hydrogens is 392 g/mol. The van der Waals surface area contributed by atoms with E-state index in [0.29, 0.717) is 17.9 Å². The van der Waals surface area contributed by atoms with Crippen molar-refractivity contribution in [3.05, 3.63) is 48.0 Å². The van der Waals surface area contributed by atoms with E-state index in [1.165, 1.54) is 0 Å². The molecule has 0 aromatic heterocycles. The Morgan fingerprint density at radius 1 is 1.13 bits per heavy atom. The van der Waals surface area contributed by atoms with E-state index in [1.807, 2.05) is 36.4 Å². The third kappa shape index (κ3) is 4.35. The molecule has 164 valence electrons. The van der Waals surface area contributed by atoms with Crippen molar-refractivity contribution in [2.75, 3.05) is 6.61 Å². The highest BCUT2D eigenvalue weighted by atomic mass is 16.5. The van der Waals surface area contributed by atoms with Gasteiger partial charge in [0, 0.05) is 5.56 Å². The number of rotatable bonds is 6. The first kappa shape index (κ1) is 21.5. The molecule has 2 aromatic carbocycles. The van der Waals surface area contributed by atoms with Crippen molar-refractivity contribution in [3.8, 4) is 0 Å². The summed E-state index contributed by atoms with van der Waals surface area (Å²) in [6.45, 7) is 3.48. The van der Waals surface area contributed by atoms with Gasteiger partial charge in [-0.2, -0.15) is 0 Å². The summed E-state index contributed by atoms with van der Waals surface area (Å²) in [6, 6.07) is 12.6. The van der Waals surface area contributed by atoms with Crippen molar-refractivity contribution >= 4 is 28.4 Å². The molecule has 3 atom stereocenters. The number of amides is 2. The van der Waals surface area contributed by atoms with Crippen LogP contribution in [0.2, 0.25) is 0 Å². The molecule has 0 spiro atoms. The molecule has 2 amide bonds. The molecule has 1 saturated carbocycles. The maximum absolute atomic E-state index is 13.3. The molecule has 2 aliphatic rings. The average Bonchev–Trinajstić information content (AvgIpc) is 3.37. The fraction of sp³-hybridized carbons (Fsp3) is 0.480. The van der Waals surface area contributed by atoms with Crippen LogP contribution in [-0.4, -0.2) is 41.9 Å². The Morgan fingerprint density at radius 2 is 1.84 bits per heavy atom. The van der Waals surface area contributed by atoms with Crippen LogP contribution < -0.4 is 10.6 Å². The molecule has 6 nitrogen and oxygen atoms in total. The minimum absolute atomic E-state index is 0.00635. The lowest BCUT2D eigenvalue weighted by Crippen LogP contribution is -2.60. The monoisotopic (exact) mass is 422 g/mol. The molecule has 2 fully saturated rings. The van der Waals surface area contributed by atoms with E-state index >= 15 is 0 Å². The van der Waals surface area contributed by atoms with Gasteiger partial charge in [-0.25, -0.2) is 0 Å². The summed E-state index contributed by atoms with van der Waals surface area (Å²) in [5, 5.41) is 7.69. The smallest absolute Gasteiger partial charge is 0.252 e. The van der Waals surface area contributed by atoms with Crippen molar-refractivity contribution in [2.45, 2.75) is 63.6 Å². The zero-order valence-electron chi connectivity index (χ0n) is 18.1. The summed E-state index contributed by atoms with van der Waals surface area (Å²) in [6.07, 6.45) is 4.58. The van der Waals surface area contributed by atoms with Gasteiger partial charge in [0.25, 0.3) is 5.91 Å². The van der Waals surface area contributed by atoms with Crippen LogP contribution in [-0.2, 0) is 14.3 Å². The molecule has 2 aromatic rings. The molecule has 31 heavy (non-hydrogen) atoms. The van der Waals surface area contributed by atoms with Crippen LogP contribution in [0.3, 0.4) is 0 Å². The summed E-state index contributed by atoms with van der Waals surface area (Å²) in [5.74, 6) is -0.353. The lowest BCUT2D eigenvalue weighted by Gasteiger charge is -2.30. The summed E-state index contributed by atoms with van der Waals surface area (Å²) < 4.78 is 5.44. The van der Waals surface area contributed by atoms with Crippen molar-refractivity contribution in [3.63, 3.8) is 0 Å². The van der Waals surface area contributed by atoms with E-state index in [0.717, 1.165) is 36.5 Å². The van der Waals surface area contributed by atoms with Crippen LogP contribution in [0, 0.1) is 5.92 Å². The van der Waals surface area contributed by atoms with Gasteiger partial charge in [0.05, 0.1) is 6.10 Å². The Hall–Kier alpha value is -2.73. The van der Waals surface area contributed by atoms with Gasteiger partial charge in [-0.1, -0.05) is 62.1 Å². The molecule has 4 rings (SSSR count). The Labute approximate surface area is 182 Å². The second kappa shape index (κ2) is 8.79. The van der Waals surface area contributed by atoms with Gasteiger partial charge in [-0.05, 0) is 43.0 Å². The number of benzene rings is 2. The number of carbonyl (C=O) groups excluding carboxylic acids is 3. The first-order chi connectivity index (χ1) is 14.9. The maximum atomic E-state index is 13.3. The Bertz CT molecular complexity index is 993. The number of nitrogens with one attached hydrogen (secondary N) is 2.